The topological polar surface area (TPSA) is 70.6 Å². The maximum atomic E-state index is 12.4. The van der Waals surface area contributed by atoms with Crippen LogP contribution in [0.25, 0.3) is 0 Å². The molecular formula is C18H16ClN3O2. The van der Waals surface area contributed by atoms with Gasteiger partial charge in [-0.1, -0.05) is 60.1 Å². The summed E-state index contributed by atoms with van der Waals surface area (Å²) in [5, 5.41) is 7.20. The van der Waals surface area contributed by atoms with Crippen molar-refractivity contribution in [3.63, 3.8) is 0 Å². The van der Waals surface area contributed by atoms with Crippen molar-refractivity contribution in [2.45, 2.75) is 5.92 Å². The van der Waals surface area contributed by atoms with Gasteiger partial charge >= 0.3 is 0 Å². The van der Waals surface area contributed by atoms with E-state index in [9.17, 15) is 9.59 Å². The molecule has 122 valence electrons. The van der Waals surface area contributed by atoms with Crippen LogP contribution >= 0.6 is 11.6 Å². The Morgan fingerprint density at radius 3 is 2.62 bits per heavy atom. The maximum absolute atomic E-state index is 12.4. The lowest BCUT2D eigenvalue weighted by atomic mass is 9.88. The summed E-state index contributed by atoms with van der Waals surface area (Å²) in [6, 6.07) is 16.7. The highest BCUT2D eigenvalue weighted by molar-refractivity contribution is 6.33. The molecule has 1 aliphatic rings. The van der Waals surface area contributed by atoms with Gasteiger partial charge in [0, 0.05) is 23.0 Å². The zero-order valence-corrected chi connectivity index (χ0v) is 13.5. The lowest BCUT2D eigenvalue weighted by Crippen LogP contribution is -2.34. The van der Waals surface area contributed by atoms with E-state index in [0.29, 0.717) is 17.1 Å². The Hall–Kier alpha value is -2.66. The van der Waals surface area contributed by atoms with Gasteiger partial charge in [0.25, 0.3) is 5.91 Å². The Morgan fingerprint density at radius 1 is 1.17 bits per heavy atom. The quantitative estimate of drug-likeness (QED) is 0.509. The third kappa shape index (κ3) is 3.46. The Kier molecular flexibility index (Phi) is 4.91. The van der Waals surface area contributed by atoms with Crippen molar-refractivity contribution in [3.05, 3.63) is 70.7 Å². The van der Waals surface area contributed by atoms with E-state index < -0.39 is 11.8 Å². The zero-order valence-electron chi connectivity index (χ0n) is 12.8. The van der Waals surface area contributed by atoms with Gasteiger partial charge in [0.05, 0.1) is 6.21 Å². The van der Waals surface area contributed by atoms with Crippen molar-refractivity contribution >= 4 is 29.6 Å². The molecule has 5 nitrogen and oxygen atoms in total. The molecule has 3 rings (SSSR count). The molecular weight excluding hydrogens is 326 g/mol. The van der Waals surface area contributed by atoms with Crippen LogP contribution in [0.3, 0.4) is 0 Å². The number of hydrogen-bond acceptors (Lipinski definition) is 3. The van der Waals surface area contributed by atoms with Crippen LogP contribution in [0.1, 0.15) is 17.0 Å². The molecule has 2 aromatic carbocycles. The monoisotopic (exact) mass is 341 g/mol. The highest BCUT2D eigenvalue weighted by atomic mass is 35.5. The normalized spacial score (nSPS) is 20.1. The molecule has 0 aliphatic carbocycles. The number of hydrogen-bond donors (Lipinski definition) is 2. The number of hydrazone groups is 1. The van der Waals surface area contributed by atoms with Gasteiger partial charge in [-0.3, -0.25) is 9.59 Å². The van der Waals surface area contributed by atoms with Crippen LogP contribution in [0.4, 0.5) is 0 Å². The molecule has 1 aliphatic heterocycles. The third-order valence-electron chi connectivity index (χ3n) is 3.97. The first kappa shape index (κ1) is 16.2. The van der Waals surface area contributed by atoms with Gasteiger partial charge in [-0.2, -0.15) is 5.10 Å². The van der Waals surface area contributed by atoms with Gasteiger partial charge in [0.1, 0.15) is 5.92 Å². The molecule has 6 heteroatoms. The van der Waals surface area contributed by atoms with Gasteiger partial charge in [-0.25, -0.2) is 5.43 Å². The second kappa shape index (κ2) is 7.27. The van der Waals surface area contributed by atoms with Crippen LogP contribution in [-0.2, 0) is 9.59 Å². The molecule has 0 unspecified atom stereocenters. The Labute approximate surface area is 144 Å². The number of rotatable bonds is 4. The van der Waals surface area contributed by atoms with Crippen LogP contribution < -0.4 is 10.7 Å². The SMILES string of the molecule is O=C1NC[C@@H](c2ccccc2)[C@H]1C(=O)N/N=C\c1ccccc1Cl. The molecule has 0 saturated carbocycles. The summed E-state index contributed by atoms with van der Waals surface area (Å²) in [6.45, 7) is 0.440. The molecule has 2 N–H and O–H groups in total. The zero-order chi connectivity index (χ0) is 16.9. The van der Waals surface area contributed by atoms with Crippen LogP contribution in [0.5, 0.6) is 0 Å². The summed E-state index contributed by atoms with van der Waals surface area (Å²) in [6.07, 6.45) is 1.46. The highest BCUT2D eigenvalue weighted by Crippen LogP contribution is 2.28. The van der Waals surface area contributed by atoms with Crippen LogP contribution in [-0.4, -0.2) is 24.6 Å². The van der Waals surface area contributed by atoms with E-state index in [1.807, 2.05) is 42.5 Å². The number of halogens is 1. The minimum Gasteiger partial charge on any atom is -0.355 e. The first-order valence-electron chi connectivity index (χ1n) is 7.57. The van der Waals surface area contributed by atoms with E-state index in [2.05, 4.69) is 15.8 Å². The van der Waals surface area contributed by atoms with Crippen molar-refractivity contribution in [1.29, 1.82) is 0 Å². The number of carbonyl (C=O) groups excluding carboxylic acids is 2. The van der Waals surface area contributed by atoms with Gasteiger partial charge in [0.2, 0.25) is 5.91 Å². The first-order chi connectivity index (χ1) is 11.7. The van der Waals surface area contributed by atoms with Gasteiger partial charge in [-0.05, 0) is 11.6 Å². The fourth-order valence-corrected chi connectivity index (χ4v) is 2.93. The summed E-state index contributed by atoms with van der Waals surface area (Å²) in [5.41, 5.74) is 4.08. The fourth-order valence-electron chi connectivity index (χ4n) is 2.75. The summed E-state index contributed by atoms with van der Waals surface area (Å²) in [7, 11) is 0. The van der Waals surface area contributed by atoms with E-state index in [-0.39, 0.29) is 11.8 Å². The lowest BCUT2D eigenvalue weighted by Gasteiger charge is -2.15. The number of benzene rings is 2. The predicted octanol–water partition coefficient (Wildman–Crippen LogP) is 2.32. The largest absolute Gasteiger partial charge is 0.355 e. The molecule has 24 heavy (non-hydrogen) atoms. The van der Waals surface area contributed by atoms with Crippen molar-refractivity contribution < 1.29 is 9.59 Å². The molecule has 1 fully saturated rings. The van der Waals surface area contributed by atoms with Crippen molar-refractivity contribution in [2.75, 3.05) is 6.54 Å². The van der Waals surface area contributed by atoms with Gasteiger partial charge in [0.15, 0.2) is 0 Å². The number of carbonyl (C=O) groups is 2. The Morgan fingerprint density at radius 2 is 1.88 bits per heavy atom. The number of nitrogens with zero attached hydrogens (tertiary/aromatic N) is 1. The van der Waals surface area contributed by atoms with E-state index in [0.717, 1.165) is 5.56 Å². The molecule has 0 spiro atoms. The number of amides is 2. The molecule has 0 radical (unpaired) electrons. The van der Waals surface area contributed by atoms with Crippen LogP contribution in [0.15, 0.2) is 59.7 Å². The molecule has 1 saturated heterocycles. The standard InChI is InChI=1S/C18H16ClN3O2/c19-15-9-5-4-8-13(15)10-21-22-18(24)16-14(11-20-17(16)23)12-6-2-1-3-7-12/h1-10,14,16H,11H2,(H,20,23)(H,22,24)/b21-10-/t14-,16+/m0/s1. The molecule has 2 atom stereocenters. The second-order valence-electron chi connectivity index (χ2n) is 5.50. The minimum absolute atomic E-state index is 0.200. The highest BCUT2D eigenvalue weighted by Gasteiger charge is 2.40. The Bertz CT molecular complexity index is 777. The average molecular weight is 342 g/mol. The number of nitrogens with one attached hydrogen (secondary N) is 2. The predicted molar refractivity (Wildman–Crippen MR) is 92.9 cm³/mol. The molecule has 2 aromatic rings. The van der Waals surface area contributed by atoms with Gasteiger partial charge in [-0.15, -0.1) is 0 Å². The van der Waals surface area contributed by atoms with E-state index in [1.54, 1.807) is 12.1 Å². The van der Waals surface area contributed by atoms with Crippen LogP contribution in [0, 0.1) is 5.92 Å². The summed E-state index contributed by atoms with van der Waals surface area (Å²) in [5.74, 6) is -1.71. The van der Waals surface area contributed by atoms with Crippen molar-refractivity contribution in [1.82, 2.24) is 10.7 Å². The molecule has 2 amide bonds. The molecule has 0 aromatic heterocycles. The van der Waals surface area contributed by atoms with E-state index in [4.69, 9.17) is 11.6 Å². The summed E-state index contributed by atoms with van der Waals surface area (Å²) >= 11 is 6.02. The van der Waals surface area contributed by atoms with Crippen LogP contribution in [0.2, 0.25) is 5.02 Å². The smallest absolute Gasteiger partial charge is 0.253 e. The summed E-state index contributed by atoms with van der Waals surface area (Å²) < 4.78 is 0. The maximum Gasteiger partial charge on any atom is 0.253 e. The third-order valence-corrected chi connectivity index (χ3v) is 4.32. The average Bonchev–Trinajstić information content (AvgIpc) is 2.99. The summed E-state index contributed by atoms with van der Waals surface area (Å²) in [4.78, 5) is 24.4. The van der Waals surface area contributed by atoms with E-state index >= 15 is 0 Å². The van der Waals surface area contributed by atoms with Crippen molar-refractivity contribution in [3.8, 4) is 0 Å². The first-order valence-corrected chi connectivity index (χ1v) is 7.94. The lowest BCUT2D eigenvalue weighted by molar-refractivity contribution is -0.133. The molecule has 1 heterocycles. The Balaban J connectivity index is 1.71. The molecule has 0 bridgehead atoms. The van der Waals surface area contributed by atoms with Gasteiger partial charge < -0.3 is 5.32 Å². The van der Waals surface area contributed by atoms with Crippen molar-refractivity contribution in [2.24, 2.45) is 11.0 Å². The van der Waals surface area contributed by atoms with E-state index in [1.165, 1.54) is 6.21 Å². The fraction of sp³-hybridized carbons (Fsp3) is 0.167. The minimum atomic E-state index is -0.796. The second-order valence-corrected chi connectivity index (χ2v) is 5.90.